The van der Waals surface area contributed by atoms with E-state index in [1.807, 2.05) is 25.1 Å². The molecule has 1 fully saturated rings. The molecular formula is C19H28N4O. The van der Waals surface area contributed by atoms with Crippen LogP contribution in [0.15, 0.2) is 18.2 Å². The maximum absolute atomic E-state index is 11.5. The van der Waals surface area contributed by atoms with E-state index in [4.69, 9.17) is 4.98 Å². The monoisotopic (exact) mass is 328 g/mol. The lowest BCUT2D eigenvalue weighted by atomic mass is 9.99. The zero-order valence-electron chi connectivity index (χ0n) is 15.0. The molecule has 5 heteroatoms. The first-order chi connectivity index (χ1) is 11.6. The summed E-state index contributed by atoms with van der Waals surface area (Å²) in [7, 11) is 2.08. The van der Waals surface area contributed by atoms with Gasteiger partial charge in [0.2, 0.25) is 5.91 Å². The molecule has 24 heavy (non-hydrogen) atoms. The van der Waals surface area contributed by atoms with Crippen LogP contribution in [-0.4, -0.2) is 40.0 Å². The summed E-state index contributed by atoms with van der Waals surface area (Å²) in [5, 5.41) is 2.90. The number of aryl methyl sites for hydroxylation is 1. The van der Waals surface area contributed by atoms with Crippen molar-refractivity contribution in [3.63, 3.8) is 0 Å². The molecule has 1 saturated heterocycles. The average molecular weight is 328 g/mol. The first-order valence-electron chi connectivity index (χ1n) is 9.04. The number of imidazole rings is 1. The first-order valence-corrected chi connectivity index (χ1v) is 9.04. The number of hydrogen-bond acceptors (Lipinski definition) is 3. The molecule has 1 aliphatic rings. The maximum Gasteiger partial charge on any atom is 0.224 e. The Morgan fingerprint density at radius 1 is 1.33 bits per heavy atom. The fraction of sp³-hybridized carbons (Fsp3) is 0.579. The second-order valence-corrected chi connectivity index (χ2v) is 6.97. The highest BCUT2D eigenvalue weighted by atomic mass is 16.1. The molecule has 0 unspecified atom stereocenters. The Morgan fingerprint density at radius 3 is 2.79 bits per heavy atom. The van der Waals surface area contributed by atoms with Gasteiger partial charge in [0.25, 0.3) is 0 Å². The van der Waals surface area contributed by atoms with Crippen molar-refractivity contribution in [2.75, 3.05) is 25.0 Å². The molecule has 0 bridgehead atoms. The van der Waals surface area contributed by atoms with E-state index in [1.165, 1.54) is 25.9 Å². The first kappa shape index (κ1) is 17.0. The lowest BCUT2D eigenvalue weighted by molar-refractivity contribution is -0.115. The molecule has 130 valence electrons. The van der Waals surface area contributed by atoms with Crippen LogP contribution in [0, 0.1) is 5.92 Å². The summed E-state index contributed by atoms with van der Waals surface area (Å²) >= 11 is 0. The molecule has 0 atom stereocenters. The van der Waals surface area contributed by atoms with Crippen LogP contribution in [0.5, 0.6) is 0 Å². The number of benzene rings is 1. The Balaban J connectivity index is 1.69. The van der Waals surface area contributed by atoms with E-state index in [-0.39, 0.29) is 5.91 Å². The standard InChI is InChI=1S/C19H28N4O/c1-4-19(24)20-15-5-6-17-16(13-15)21-18(22(17)3)9-12-23-10-7-14(2)8-11-23/h5-6,13-14H,4,7-12H2,1-3H3,(H,20,24). The van der Waals surface area contributed by atoms with Gasteiger partial charge in [0.05, 0.1) is 11.0 Å². The van der Waals surface area contributed by atoms with E-state index in [2.05, 4.69) is 28.8 Å². The number of fused-ring (bicyclic) bond motifs is 1. The SMILES string of the molecule is CCC(=O)Nc1ccc2c(c1)nc(CCN1CCC(C)CC1)n2C. The summed E-state index contributed by atoms with van der Waals surface area (Å²) in [6, 6.07) is 5.96. The molecule has 0 spiro atoms. The predicted molar refractivity (Wildman–Crippen MR) is 98.2 cm³/mol. The number of piperidine rings is 1. The molecule has 1 aliphatic heterocycles. The maximum atomic E-state index is 11.5. The van der Waals surface area contributed by atoms with E-state index >= 15 is 0 Å². The predicted octanol–water partition coefficient (Wildman–Crippen LogP) is 3.20. The minimum atomic E-state index is 0.0323. The molecule has 5 nitrogen and oxygen atoms in total. The van der Waals surface area contributed by atoms with Crippen molar-refractivity contribution in [1.29, 1.82) is 0 Å². The fourth-order valence-electron chi connectivity index (χ4n) is 3.34. The number of anilines is 1. The molecular weight excluding hydrogens is 300 g/mol. The molecule has 2 heterocycles. The summed E-state index contributed by atoms with van der Waals surface area (Å²) in [4.78, 5) is 18.9. The van der Waals surface area contributed by atoms with E-state index in [0.29, 0.717) is 6.42 Å². The van der Waals surface area contributed by atoms with Crippen LogP contribution in [0.3, 0.4) is 0 Å². The Bertz CT molecular complexity index is 713. The number of nitrogens with zero attached hydrogens (tertiary/aromatic N) is 3. The van der Waals surface area contributed by atoms with Crippen molar-refractivity contribution in [2.45, 2.75) is 39.5 Å². The number of rotatable bonds is 5. The van der Waals surface area contributed by atoms with Crippen LogP contribution >= 0.6 is 0 Å². The van der Waals surface area contributed by atoms with Crippen LogP contribution in [0.2, 0.25) is 0 Å². The van der Waals surface area contributed by atoms with Gasteiger partial charge in [-0.05, 0) is 50.0 Å². The molecule has 0 saturated carbocycles. The summed E-state index contributed by atoms with van der Waals surface area (Å²) in [6.45, 7) is 7.69. The van der Waals surface area contributed by atoms with Gasteiger partial charge in [-0.3, -0.25) is 4.79 Å². The number of nitrogens with one attached hydrogen (secondary N) is 1. The zero-order chi connectivity index (χ0) is 17.1. The third kappa shape index (κ3) is 3.78. The van der Waals surface area contributed by atoms with Gasteiger partial charge in [-0.2, -0.15) is 0 Å². The molecule has 1 aromatic carbocycles. The summed E-state index contributed by atoms with van der Waals surface area (Å²) < 4.78 is 2.17. The molecule has 1 N–H and O–H groups in total. The highest BCUT2D eigenvalue weighted by Gasteiger charge is 2.16. The Labute approximate surface area is 144 Å². The second-order valence-electron chi connectivity index (χ2n) is 6.97. The molecule has 0 aliphatic carbocycles. The van der Waals surface area contributed by atoms with Crippen molar-refractivity contribution >= 4 is 22.6 Å². The van der Waals surface area contributed by atoms with Crippen LogP contribution in [-0.2, 0) is 18.3 Å². The largest absolute Gasteiger partial charge is 0.331 e. The quantitative estimate of drug-likeness (QED) is 0.917. The number of carbonyl (C=O) groups excluding carboxylic acids is 1. The Morgan fingerprint density at radius 2 is 2.08 bits per heavy atom. The molecule has 1 aromatic heterocycles. The minimum Gasteiger partial charge on any atom is -0.331 e. The minimum absolute atomic E-state index is 0.0323. The number of carbonyl (C=O) groups is 1. The van der Waals surface area contributed by atoms with Gasteiger partial charge in [-0.25, -0.2) is 4.98 Å². The van der Waals surface area contributed by atoms with Gasteiger partial charge < -0.3 is 14.8 Å². The number of amides is 1. The number of aromatic nitrogens is 2. The van der Waals surface area contributed by atoms with E-state index in [1.54, 1.807) is 0 Å². The smallest absolute Gasteiger partial charge is 0.224 e. The van der Waals surface area contributed by atoms with Gasteiger partial charge in [0.1, 0.15) is 5.82 Å². The normalized spacial score (nSPS) is 16.6. The van der Waals surface area contributed by atoms with Crippen LogP contribution in [0.1, 0.15) is 38.9 Å². The third-order valence-electron chi connectivity index (χ3n) is 5.11. The van der Waals surface area contributed by atoms with E-state index in [9.17, 15) is 4.79 Å². The van der Waals surface area contributed by atoms with Gasteiger partial charge in [0, 0.05) is 32.1 Å². The fourth-order valence-corrected chi connectivity index (χ4v) is 3.34. The van der Waals surface area contributed by atoms with Crippen LogP contribution < -0.4 is 5.32 Å². The zero-order valence-corrected chi connectivity index (χ0v) is 15.0. The van der Waals surface area contributed by atoms with Crippen molar-refractivity contribution < 1.29 is 4.79 Å². The third-order valence-corrected chi connectivity index (χ3v) is 5.11. The molecule has 1 amide bonds. The van der Waals surface area contributed by atoms with Gasteiger partial charge in [-0.1, -0.05) is 13.8 Å². The van der Waals surface area contributed by atoms with E-state index < -0.39 is 0 Å². The van der Waals surface area contributed by atoms with Crippen molar-refractivity contribution in [3.8, 4) is 0 Å². The lowest BCUT2D eigenvalue weighted by Gasteiger charge is -2.29. The Kier molecular flexibility index (Phi) is 5.19. The van der Waals surface area contributed by atoms with E-state index in [0.717, 1.165) is 41.4 Å². The van der Waals surface area contributed by atoms with Gasteiger partial charge >= 0.3 is 0 Å². The average Bonchev–Trinajstić information content (AvgIpc) is 2.90. The van der Waals surface area contributed by atoms with Crippen LogP contribution in [0.4, 0.5) is 5.69 Å². The summed E-state index contributed by atoms with van der Waals surface area (Å²) in [5.41, 5.74) is 2.89. The molecule has 0 radical (unpaired) electrons. The summed E-state index contributed by atoms with van der Waals surface area (Å²) in [6.07, 6.45) is 4.07. The highest BCUT2D eigenvalue weighted by Crippen LogP contribution is 2.21. The molecule has 2 aromatic rings. The van der Waals surface area contributed by atoms with Crippen molar-refractivity contribution in [2.24, 2.45) is 13.0 Å². The van der Waals surface area contributed by atoms with Crippen molar-refractivity contribution in [3.05, 3.63) is 24.0 Å². The lowest BCUT2D eigenvalue weighted by Crippen LogP contribution is -2.34. The number of hydrogen-bond donors (Lipinski definition) is 1. The van der Waals surface area contributed by atoms with Crippen molar-refractivity contribution in [1.82, 2.24) is 14.5 Å². The van der Waals surface area contributed by atoms with Gasteiger partial charge in [-0.15, -0.1) is 0 Å². The number of likely N-dealkylation sites (tertiary alicyclic amines) is 1. The topological polar surface area (TPSA) is 50.2 Å². The second kappa shape index (κ2) is 7.34. The molecule has 3 rings (SSSR count). The van der Waals surface area contributed by atoms with Gasteiger partial charge in [0.15, 0.2) is 0 Å². The summed E-state index contributed by atoms with van der Waals surface area (Å²) in [5.74, 6) is 2.01. The highest BCUT2D eigenvalue weighted by molar-refractivity contribution is 5.92. The van der Waals surface area contributed by atoms with Crippen LogP contribution in [0.25, 0.3) is 11.0 Å². The Hall–Kier alpha value is -1.88.